The standard InChI is InChI=1S/C16H27N3O3/c1-16(2,3)22-15(20)21-14-7-5-4-6-13(14)12-19-11-10-18-9-8-17/h4-7,18-19H,8-12,17H2,1-3H3. The van der Waals surface area contributed by atoms with Gasteiger partial charge in [-0.3, -0.25) is 0 Å². The molecule has 6 heteroatoms. The molecule has 22 heavy (non-hydrogen) atoms. The maximum atomic E-state index is 11.7. The van der Waals surface area contributed by atoms with E-state index in [9.17, 15) is 4.79 Å². The Kier molecular flexibility index (Phi) is 7.87. The van der Waals surface area contributed by atoms with Crippen molar-refractivity contribution in [2.24, 2.45) is 5.73 Å². The van der Waals surface area contributed by atoms with Crippen LogP contribution < -0.4 is 21.1 Å². The Morgan fingerprint density at radius 3 is 2.50 bits per heavy atom. The van der Waals surface area contributed by atoms with Crippen LogP contribution in [0, 0.1) is 0 Å². The van der Waals surface area contributed by atoms with Gasteiger partial charge in [0, 0.05) is 38.3 Å². The monoisotopic (exact) mass is 309 g/mol. The summed E-state index contributed by atoms with van der Waals surface area (Å²) in [7, 11) is 0. The van der Waals surface area contributed by atoms with Gasteiger partial charge >= 0.3 is 6.16 Å². The normalized spacial score (nSPS) is 11.3. The van der Waals surface area contributed by atoms with Crippen LogP contribution in [-0.2, 0) is 11.3 Å². The van der Waals surface area contributed by atoms with E-state index in [1.807, 2.05) is 18.2 Å². The zero-order valence-corrected chi connectivity index (χ0v) is 13.6. The highest BCUT2D eigenvalue weighted by molar-refractivity contribution is 5.65. The van der Waals surface area contributed by atoms with Gasteiger partial charge in [-0.2, -0.15) is 0 Å². The number of nitrogens with two attached hydrogens (primary N) is 1. The molecular formula is C16H27N3O3. The van der Waals surface area contributed by atoms with Crippen LogP contribution in [0.4, 0.5) is 4.79 Å². The minimum atomic E-state index is -0.690. The molecule has 0 aliphatic carbocycles. The van der Waals surface area contributed by atoms with Crippen LogP contribution in [0.3, 0.4) is 0 Å². The lowest BCUT2D eigenvalue weighted by Gasteiger charge is -2.19. The third-order valence-electron chi connectivity index (χ3n) is 2.67. The molecule has 0 fully saturated rings. The quantitative estimate of drug-likeness (QED) is 0.384. The Morgan fingerprint density at radius 2 is 1.82 bits per heavy atom. The van der Waals surface area contributed by atoms with Gasteiger partial charge in [-0.05, 0) is 26.8 Å². The van der Waals surface area contributed by atoms with E-state index in [4.69, 9.17) is 15.2 Å². The number of ether oxygens (including phenoxy) is 2. The summed E-state index contributed by atoms with van der Waals surface area (Å²) in [5.74, 6) is 0.513. The predicted molar refractivity (Wildman–Crippen MR) is 86.9 cm³/mol. The Bertz CT molecular complexity index is 458. The summed E-state index contributed by atoms with van der Waals surface area (Å²) in [6.45, 7) is 9.10. The Morgan fingerprint density at radius 1 is 1.14 bits per heavy atom. The van der Waals surface area contributed by atoms with Crippen LogP contribution in [0.25, 0.3) is 0 Å². The fourth-order valence-corrected chi connectivity index (χ4v) is 1.74. The molecule has 4 N–H and O–H groups in total. The van der Waals surface area contributed by atoms with Crippen molar-refractivity contribution in [1.29, 1.82) is 0 Å². The molecular weight excluding hydrogens is 282 g/mol. The molecule has 0 aromatic heterocycles. The van der Waals surface area contributed by atoms with Crippen molar-refractivity contribution in [3.63, 3.8) is 0 Å². The lowest BCUT2D eigenvalue weighted by molar-refractivity contribution is 0.0204. The summed E-state index contributed by atoms with van der Waals surface area (Å²) in [6, 6.07) is 7.41. The maximum absolute atomic E-state index is 11.7. The number of benzene rings is 1. The highest BCUT2D eigenvalue weighted by Gasteiger charge is 2.18. The van der Waals surface area contributed by atoms with Gasteiger partial charge < -0.3 is 25.8 Å². The van der Waals surface area contributed by atoms with Gasteiger partial charge in [0.25, 0.3) is 0 Å². The molecule has 1 rings (SSSR count). The molecule has 0 aliphatic rings. The van der Waals surface area contributed by atoms with E-state index in [-0.39, 0.29) is 0 Å². The summed E-state index contributed by atoms with van der Waals surface area (Å²) in [4.78, 5) is 11.7. The number of nitrogens with one attached hydrogen (secondary N) is 2. The number of carbonyl (C=O) groups is 1. The topological polar surface area (TPSA) is 85.6 Å². The van der Waals surface area contributed by atoms with Crippen molar-refractivity contribution in [2.45, 2.75) is 32.9 Å². The minimum absolute atomic E-state index is 0.513. The van der Waals surface area contributed by atoms with E-state index < -0.39 is 11.8 Å². The van der Waals surface area contributed by atoms with E-state index >= 15 is 0 Å². The smallest absolute Gasteiger partial charge is 0.428 e. The Hall–Kier alpha value is -1.63. The molecule has 1 aromatic carbocycles. The lowest BCUT2D eigenvalue weighted by atomic mass is 10.2. The van der Waals surface area contributed by atoms with Crippen LogP contribution >= 0.6 is 0 Å². The van der Waals surface area contributed by atoms with Crippen molar-refractivity contribution < 1.29 is 14.3 Å². The lowest BCUT2D eigenvalue weighted by Crippen LogP contribution is -2.30. The average Bonchev–Trinajstić information content (AvgIpc) is 2.42. The first-order valence-corrected chi connectivity index (χ1v) is 7.52. The van der Waals surface area contributed by atoms with Crippen LogP contribution in [0.1, 0.15) is 26.3 Å². The molecule has 0 unspecified atom stereocenters. The SMILES string of the molecule is CC(C)(C)OC(=O)Oc1ccccc1CNCCNCCN. The van der Waals surface area contributed by atoms with Gasteiger partial charge in [-0.25, -0.2) is 4.79 Å². The van der Waals surface area contributed by atoms with E-state index in [0.717, 1.165) is 25.2 Å². The second-order valence-electron chi connectivity index (χ2n) is 5.89. The molecule has 0 amide bonds. The number of rotatable bonds is 8. The number of carbonyl (C=O) groups excluding carboxylic acids is 1. The second-order valence-corrected chi connectivity index (χ2v) is 5.89. The molecule has 0 bridgehead atoms. The first-order valence-electron chi connectivity index (χ1n) is 7.52. The highest BCUT2D eigenvalue weighted by atomic mass is 16.7. The Balaban J connectivity index is 2.46. The van der Waals surface area contributed by atoms with E-state index in [0.29, 0.717) is 18.8 Å². The Labute approximate surface area is 132 Å². The van der Waals surface area contributed by atoms with Crippen LogP contribution in [0.5, 0.6) is 5.75 Å². The fourth-order valence-electron chi connectivity index (χ4n) is 1.74. The van der Waals surface area contributed by atoms with Crippen molar-refractivity contribution >= 4 is 6.16 Å². The summed E-state index contributed by atoms with van der Waals surface area (Å²) in [5.41, 5.74) is 5.74. The molecule has 0 atom stereocenters. The van der Waals surface area contributed by atoms with Gasteiger partial charge in [0.1, 0.15) is 11.4 Å². The van der Waals surface area contributed by atoms with E-state index in [1.165, 1.54) is 0 Å². The zero-order valence-electron chi connectivity index (χ0n) is 13.6. The molecule has 0 aliphatic heterocycles. The second kappa shape index (κ2) is 9.40. The van der Waals surface area contributed by atoms with Crippen molar-refractivity contribution in [2.75, 3.05) is 26.2 Å². The highest BCUT2D eigenvalue weighted by Crippen LogP contribution is 2.19. The first kappa shape index (κ1) is 18.4. The molecule has 124 valence electrons. The van der Waals surface area contributed by atoms with Gasteiger partial charge in [0.15, 0.2) is 0 Å². The van der Waals surface area contributed by atoms with Crippen LogP contribution in [0.2, 0.25) is 0 Å². The summed E-state index contributed by atoms with van der Waals surface area (Å²) in [5, 5.41) is 6.49. The molecule has 0 radical (unpaired) electrons. The van der Waals surface area contributed by atoms with E-state index in [1.54, 1.807) is 26.8 Å². The van der Waals surface area contributed by atoms with Gasteiger partial charge in [-0.1, -0.05) is 18.2 Å². The van der Waals surface area contributed by atoms with Gasteiger partial charge in [0.2, 0.25) is 0 Å². The number of hydrogen-bond donors (Lipinski definition) is 3. The molecule has 0 saturated heterocycles. The summed E-state index contributed by atoms with van der Waals surface area (Å²) < 4.78 is 10.4. The fraction of sp³-hybridized carbons (Fsp3) is 0.562. The van der Waals surface area contributed by atoms with Gasteiger partial charge in [0.05, 0.1) is 0 Å². The predicted octanol–water partition coefficient (Wildman–Crippen LogP) is 1.64. The maximum Gasteiger partial charge on any atom is 0.514 e. The van der Waals surface area contributed by atoms with Crippen LogP contribution in [-0.4, -0.2) is 37.9 Å². The van der Waals surface area contributed by atoms with Crippen LogP contribution in [0.15, 0.2) is 24.3 Å². The molecule has 6 nitrogen and oxygen atoms in total. The molecule has 1 aromatic rings. The summed E-state index contributed by atoms with van der Waals surface area (Å²) in [6.07, 6.45) is -0.690. The first-order chi connectivity index (χ1) is 10.4. The largest absolute Gasteiger partial charge is 0.514 e. The van der Waals surface area contributed by atoms with E-state index in [2.05, 4.69) is 10.6 Å². The third kappa shape index (κ3) is 7.97. The van der Waals surface area contributed by atoms with Gasteiger partial charge in [-0.15, -0.1) is 0 Å². The molecule has 0 saturated carbocycles. The third-order valence-corrected chi connectivity index (χ3v) is 2.67. The zero-order chi connectivity index (χ0) is 16.4. The number of hydrogen-bond acceptors (Lipinski definition) is 6. The minimum Gasteiger partial charge on any atom is -0.428 e. The van der Waals surface area contributed by atoms with Crippen molar-refractivity contribution in [3.8, 4) is 5.75 Å². The van der Waals surface area contributed by atoms with Crippen molar-refractivity contribution in [1.82, 2.24) is 10.6 Å². The van der Waals surface area contributed by atoms with Crippen molar-refractivity contribution in [3.05, 3.63) is 29.8 Å². The molecule has 0 spiro atoms. The summed E-state index contributed by atoms with van der Waals surface area (Å²) >= 11 is 0. The average molecular weight is 309 g/mol. The number of para-hydroxylation sites is 1. The molecule has 0 heterocycles.